The summed E-state index contributed by atoms with van der Waals surface area (Å²) in [6, 6.07) is 8.51. The van der Waals surface area contributed by atoms with Gasteiger partial charge >= 0.3 is 0 Å². The molecule has 0 bridgehead atoms. The molecule has 1 atom stereocenters. The van der Waals surface area contributed by atoms with Gasteiger partial charge in [0.05, 0.1) is 0 Å². The Morgan fingerprint density at radius 1 is 0.952 bits per heavy atom. The van der Waals surface area contributed by atoms with E-state index >= 15 is 0 Å². The fourth-order valence-electron chi connectivity index (χ4n) is 2.78. The average molecular weight is 374 g/mol. The summed E-state index contributed by atoms with van der Waals surface area (Å²) in [5, 5.41) is 0. The molecular weight excluding hydrogens is 344 g/mol. The second-order valence-electron chi connectivity index (χ2n) is 6.08. The maximum absolute atomic E-state index is 6.15. The number of alkyl halides is 1. The number of unbranched alkanes of at least 4 members (excludes halogenated alkanes) is 7. The first-order valence-electron chi connectivity index (χ1n) is 8.57. The smallest absolute Gasteiger partial charge is 0.0254 e. The lowest BCUT2D eigenvalue weighted by Gasteiger charge is -2.15. The lowest BCUT2D eigenvalue weighted by Crippen LogP contribution is -2.07. The Labute approximate surface area is 144 Å². The third-order valence-electron chi connectivity index (χ3n) is 4.15. The lowest BCUT2D eigenvalue weighted by atomic mass is 9.95. The molecule has 0 nitrogen and oxygen atoms in total. The first-order valence-corrected chi connectivity index (χ1v) is 9.90. The van der Waals surface area contributed by atoms with Gasteiger partial charge in [0.1, 0.15) is 0 Å². The summed E-state index contributed by atoms with van der Waals surface area (Å²) in [7, 11) is 0. The zero-order chi connectivity index (χ0) is 15.3. The van der Waals surface area contributed by atoms with Gasteiger partial charge in [-0.1, -0.05) is 92.4 Å². The molecule has 0 aliphatic rings. The summed E-state index contributed by atoms with van der Waals surface area (Å²) in [6.45, 7) is 2.28. The van der Waals surface area contributed by atoms with E-state index in [2.05, 4.69) is 47.1 Å². The van der Waals surface area contributed by atoms with Crippen LogP contribution in [0, 0.1) is 5.92 Å². The summed E-state index contributed by atoms with van der Waals surface area (Å²) >= 11 is 9.79. The van der Waals surface area contributed by atoms with E-state index in [9.17, 15) is 0 Å². The van der Waals surface area contributed by atoms with Crippen molar-refractivity contribution >= 4 is 27.5 Å². The molecule has 0 amide bonds. The number of rotatable bonds is 12. The van der Waals surface area contributed by atoms with E-state index in [-0.39, 0.29) is 0 Å². The highest BCUT2D eigenvalue weighted by molar-refractivity contribution is 9.10. The molecule has 0 aromatic heterocycles. The molecule has 1 aromatic carbocycles. The van der Waals surface area contributed by atoms with Crippen LogP contribution < -0.4 is 0 Å². The van der Waals surface area contributed by atoms with Crippen molar-refractivity contribution in [3.8, 4) is 0 Å². The molecule has 120 valence electrons. The number of halogens is 2. The summed E-state index contributed by atoms with van der Waals surface area (Å²) in [5.74, 6) is 1.39. The van der Waals surface area contributed by atoms with Crippen LogP contribution in [0.3, 0.4) is 0 Å². The van der Waals surface area contributed by atoms with E-state index in [0.717, 1.165) is 12.3 Å². The van der Waals surface area contributed by atoms with Gasteiger partial charge in [-0.3, -0.25) is 0 Å². The Morgan fingerprint density at radius 3 is 2.19 bits per heavy atom. The fraction of sp³-hybridized carbons (Fsp3) is 0.684. The molecule has 0 radical (unpaired) electrons. The first kappa shape index (κ1) is 19.0. The lowest BCUT2D eigenvalue weighted by molar-refractivity contribution is 0.482. The van der Waals surface area contributed by atoms with Crippen molar-refractivity contribution in [1.82, 2.24) is 0 Å². The van der Waals surface area contributed by atoms with Crippen LogP contribution in [0.2, 0.25) is 0 Å². The normalized spacial score (nSPS) is 12.5. The quantitative estimate of drug-likeness (QED) is 0.265. The van der Waals surface area contributed by atoms with Crippen molar-refractivity contribution in [2.45, 2.75) is 71.1 Å². The van der Waals surface area contributed by atoms with Crippen LogP contribution in [0.4, 0.5) is 0 Å². The van der Waals surface area contributed by atoms with Gasteiger partial charge in [-0.05, 0) is 30.4 Å². The average Bonchev–Trinajstić information content (AvgIpc) is 2.50. The highest BCUT2D eigenvalue weighted by Crippen LogP contribution is 2.23. The van der Waals surface area contributed by atoms with E-state index in [4.69, 9.17) is 11.6 Å². The fourth-order valence-corrected chi connectivity index (χ4v) is 3.49. The molecule has 21 heavy (non-hydrogen) atoms. The maximum Gasteiger partial charge on any atom is 0.0254 e. The van der Waals surface area contributed by atoms with Crippen molar-refractivity contribution in [3.05, 3.63) is 34.3 Å². The highest BCUT2D eigenvalue weighted by atomic mass is 79.9. The second-order valence-corrected chi connectivity index (χ2v) is 7.24. The molecule has 1 rings (SSSR count). The number of benzene rings is 1. The molecule has 0 saturated heterocycles. The van der Waals surface area contributed by atoms with Gasteiger partial charge < -0.3 is 0 Å². The third kappa shape index (κ3) is 8.88. The van der Waals surface area contributed by atoms with E-state index in [1.807, 2.05) is 0 Å². The van der Waals surface area contributed by atoms with Crippen LogP contribution in [0.1, 0.15) is 70.3 Å². The summed E-state index contributed by atoms with van der Waals surface area (Å²) < 4.78 is 1.22. The molecule has 0 spiro atoms. The van der Waals surface area contributed by atoms with Gasteiger partial charge in [0.15, 0.2) is 0 Å². The van der Waals surface area contributed by atoms with Crippen LogP contribution in [-0.2, 0) is 6.42 Å². The Bertz CT molecular complexity index is 364. The van der Waals surface area contributed by atoms with Crippen molar-refractivity contribution < 1.29 is 0 Å². The van der Waals surface area contributed by atoms with Crippen molar-refractivity contribution in [1.29, 1.82) is 0 Å². The standard InChI is InChI=1S/C19H30BrCl/c1-2-3-4-5-6-7-8-9-12-17(16-21)15-18-13-10-11-14-19(18)20/h10-11,13-14,17H,2-9,12,15-16H2,1H3. The van der Waals surface area contributed by atoms with Crippen LogP contribution in [0.15, 0.2) is 28.7 Å². The van der Waals surface area contributed by atoms with Crippen molar-refractivity contribution in [2.24, 2.45) is 5.92 Å². The van der Waals surface area contributed by atoms with Gasteiger partial charge in [-0.25, -0.2) is 0 Å². The highest BCUT2D eigenvalue weighted by Gasteiger charge is 2.10. The molecule has 0 aliphatic heterocycles. The zero-order valence-corrected chi connectivity index (χ0v) is 15.8. The minimum absolute atomic E-state index is 0.616. The van der Waals surface area contributed by atoms with E-state index in [1.165, 1.54) is 67.8 Å². The van der Waals surface area contributed by atoms with E-state index in [0.29, 0.717) is 5.92 Å². The molecule has 0 aliphatic carbocycles. The largest absolute Gasteiger partial charge is 0.126 e. The predicted octanol–water partition coefficient (Wildman–Crippen LogP) is 7.38. The van der Waals surface area contributed by atoms with Crippen LogP contribution in [0.5, 0.6) is 0 Å². The van der Waals surface area contributed by atoms with Crippen LogP contribution >= 0.6 is 27.5 Å². The van der Waals surface area contributed by atoms with Gasteiger partial charge in [0.2, 0.25) is 0 Å². The maximum atomic E-state index is 6.15. The third-order valence-corrected chi connectivity index (χ3v) is 5.36. The minimum Gasteiger partial charge on any atom is -0.126 e. The molecule has 0 heterocycles. The Balaban J connectivity index is 2.13. The van der Waals surface area contributed by atoms with Gasteiger partial charge in [-0.15, -0.1) is 11.6 Å². The van der Waals surface area contributed by atoms with Crippen LogP contribution in [0.25, 0.3) is 0 Å². The minimum atomic E-state index is 0.616. The van der Waals surface area contributed by atoms with E-state index in [1.54, 1.807) is 0 Å². The Morgan fingerprint density at radius 2 is 1.57 bits per heavy atom. The van der Waals surface area contributed by atoms with Crippen molar-refractivity contribution in [3.63, 3.8) is 0 Å². The number of hydrogen-bond donors (Lipinski definition) is 0. The van der Waals surface area contributed by atoms with Gasteiger partial charge in [0, 0.05) is 10.4 Å². The predicted molar refractivity (Wildman–Crippen MR) is 99.3 cm³/mol. The molecule has 0 fully saturated rings. The van der Waals surface area contributed by atoms with E-state index < -0.39 is 0 Å². The summed E-state index contributed by atoms with van der Waals surface area (Å²) in [4.78, 5) is 0. The molecule has 1 unspecified atom stereocenters. The topological polar surface area (TPSA) is 0 Å². The Kier molecular flexibility index (Phi) is 11.4. The summed E-state index contributed by atoms with van der Waals surface area (Å²) in [5.41, 5.74) is 1.39. The molecule has 0 N–H and O–H groups in total. The second kappa shape index (κ2) is 12.5. The van der Waals surface area contributed by atoms with Gasteiger partial charge in [0.25, 0.3) is 0 Å². The molecule has 1 aromatic rings. The zero-order valence-electron chi connectivity index (χ0n) is 13.4. The number of hydrogen-bond acceptors (Lipinski definition) is 0. The Hall–Kier alpha value is -0.0100. The molecule has 0 saturated carbocycles. The SMILES string of the molecule is CCCCCCCCCCC(CCl)Cc1ccccc1Br. The van der Waals surface area contributed by atoms with Crippen molar-refractivity contribution in [2.75, 3.05) is 5.88 Å². The monoisotopic (exact) mass is 372 g/mol. The first-order chi connectivity index (χ1) is 10.3. The molecular formula is C19H30BrCl. The molecule has 2 heteroatoms. The van der Waals surface area contributed by atoms with Gasteiger partial charge in [-0.2, -0.15) is 0 Å². The van der Waals surface area contributed by atoms with Crippen LogP contribution in [-0.4, -0.2) is 5.88 Å². The summed E-state index contributed by atoms with van der Waals surface area (Å²) in [6.07, 6.45) is 13.5.